The molecule has 4 rings (SSSR count). The van der Waals surface area contributed by atoms with Crippen molar-refractivity contribution in [2.24, 2.45) is 0 Å². The number of anilines is 1. The summed E-state index contributed by atoms with van der Waals surface area (Å²) in [6, 6.07) is 7.08. The molecule has 2 aromatic heterocycles. The van der Waals surface area contributed by atoms with Gasteiger partial charge in [0.25, 0.3) is 5.91 Å². The van der Waals surface area contributed by atoms with Gasteiger partial charge in [0.15, 0.2) is 5.54 Å². The van der Waals surface area contributed by atoms with Gasteiger partial charge >= 0.3 is 16.2 Å². The molecule has 0 saturated carbocycles. The second kappa shape index (κ2) is 10.0. The highest BCUT2D eigenvalue weighted by Gasteiger charge is 2.54. The maximum atomic E-state index is 14.1. The Morgan fingerprint density at radius 1 is 1.16 bits per heavy atom. The summed E-state index contributed by atoms with van der Waals surface area (Å²) < 4.78 is 41.3. The molecule has 3 aromatic rings. The Labute approximate surface area is 224 Å². The van der Waals surface area contributed by atoms with Crippen LogP contribution in [0.15, 0.2) is 36.7 Å². The summed E-state index contributed by atoms with van der Waals surface area (Å²) in [5.41, 5.74) is -0.988. The summed E-state index contributed by atoms with van der Waals surface area (Å²) in [6.45, 7) is 7.38. The standard InChI is InChI=1S/C24H29N5O7S2/c1-14(2)36-18(16-9-7-8-10-17(16)35-6)13-27-22-19(15(3)21(37-22)29-25-11-12-26-29)20(30)28(38(27,33)34)24(4,5)23(31)32/h7-12,14,18H,13H2,1-6H3,(H,31,32)/t18-/m0/s1. The fourth-order valence-electron chi connectivity index (χ4n) is 4.27. The molecule has 0 radical (unpaired) electrons. The maximum Gasteiger partial charge on any atom is 0.330 e. The van der Waals surface area contributed by atoms with Crippen LogP contribution >= 0.6 is 11.3 Å². The molecule has 0 unspecified atom stereocenters. The van der Waals surface area contributed by atoms with Gasteiger partial charge in [-0.2, -0.15) is 18.6 Å². The lowest BCUT2D eigenvalue weighted by Gasteiger charge is -2.42. The average molecular weight is 564 g/mol. The lowest BCUT2D eigenvalue weighted by Crippen LogP contribution is -2.62. The van der Waals surface area contributed by atoms with Gasteiger partial charge in [0.2, 0.25) is 0 Å². The average Bonchev–Trinajstić information content (AvgIpc) is 3.48. The van der Waals surface area contributed by atoms with E-state index in [1.54, 1.807) is 31.2 Å². The minimum absolute atomic E-state index is 0.0646. The molecule has 0 fully saturated rings. The zero-order chi connectivity index (χ0) is 28.0. The van der Waals surface area contributed by atoms with Gasteiger partial charge in [0.05, 0.1) is 37.7 Å². The zero-order valence-electron chi connectivity index (χ0n) is 21.8. The normalized spacial score (nSPS) is 16.0. The number of rotatable bonds is 9. The van der Waals surface area contributed by atoms with Crippen LogP contribution in [0.3, 0.4) is 0 Å². The SMILES string of the molecule is COc1ccccc1[C@H](CN1c2sc(-n3nccn3)c(C)c2C(=O)N(C(C)(C)C(=O)O)S1(=O)=O)OC(C)C. The molecule has 12 nitrogen and oxygen atoms in total. The van der Waals surface area contributed by atoms with Crippen LogP contribution in [-0.2, 0) is 19.7 Å². The van der Waals surface area contributed by atoms with Crippen molar-refractivity contribution in [2.75, 3.05) is 18.0 Å². The number of benzene rings is 1. The van der Waals surface area contributed by atoms with Gasteiger partial charge in [0.1, 0.15) is 21.9 Å². The molecule has 1 aliphatic heterocycles. The molecule has 0 bridgehead atoms. The molecule has 1 aromatic carbocycles. The minimum atomic E-state index is -4.68. The van der Waals surface area contributed by atoms with Crippen molar-refractivity contribution < 1.29 is 32.6 Å². The Kier molecular flexibility index (Phi) is 7.25. The number of ether oxygens (including phenoxy) is 2. The van der Waals surface area contributed by atoms with E-state index in [1.807, 2.05) is 13.8 Å². The zero-order valence-corrected chi connectivity index (χ0v) is 23.4. The largest absolute Gasteiger partial charge is 0.496 e. The van der Waals surface area contributed by atoms with E-state index in [-0.39, 0.29) is 23.2 Å². The third-order valence-corrected chi connectivity index (χ3v) is 9.49. The van der Waals surface area contributed by atoms with E-state index in [0.717, 1.165) is 15.6 Å². The lowest BCUT2D eigenvalue weighted by molar-refractivity contribution is -0.145. The Hall–Kier alpha value is -3.49. The van der Waals surface area contributed by atoms with Crippen LogP contribution in [0.2, 0.25) is 0 Å². The number of hydrogen-bond donors (Lipinski definition) is 1. The number of carboxylic acid groups (broad SMARTS) is 1. The Bertz CT molecular complexity index is 1470. The summed E-state index contributed by atoms with van der Waals surface area (Å²) in [7, 11) is -3.18. The lowest BCUT2D eigenvalue weighted by atomic mass is 10.0. The predicted molar refractivity (Wildman–Crippen MR) is 140 cm³/mol. The van der Waals surface area contributed by atoms with Crippen molar-refractivity contribution in [3.05, 3.63) is 53.3 Å². The van der Waals surface area contributed by atoms with Crippen molar-refractivity contribution >= 4 is 38.4 Å². The van der Waals surface area contributed by atoms with Crippen LogP contribution in [-0.4, -0.2) is 70.0 Å². The minimum Gasteiger partial charge on any atom is -0.496 e. The number of nitrogens with zero attached hydrogens (tertiary/aromatic N) is 5. The Morgan fingerprint density at radius 3 is 2.37 bits per heavy atom. The third kappa shape index (κ3) is 4.52. The summed E-state index contributed by atoms with van der Waals surface area (Å²) in [4.78, 5) is 27.2. The second-order valence-electron chi connectivity index (χ2n) is 9.42. The molecule has 204 valence electrons. The van der Waals surface area contributed by atoms with E-state index >= 15 is 0 Å². The Morgan fingerprint density at radius 2 is 1.79 bits per heavy atom. The van der Waals surface area contributed by atoms with E-state index in [2.05, 4.69) is 10.2 Å². The molecular weight excluding hydrogens is 534 g/mol. The van der Waals surface area contributed by atoms with Crippen molar-refractivity contribution in [3.8, 4) is 10.8 Å². The van der Waals surface area contributed by atoms with Gasteiger partial charge < -0.3 is 14.6 Å². The number of amides is 1. The van der Waals surface area contributed by atoms with E-state index < -0.39 is 33.7 Å². The van der Waals surface area contributed by atoms with E-state index in [4.69, 9.17) is 9.47 Å². The van der Waals surface area contributed by atoms with Crippen molar-refractivity contribution in [3.63, 3.8) is 0 Å². The van der Waals surface area contributed by atoms with Gasteiger partial charge in [-0.1, -0.05) is 29.5 Å². The van der Waals surface area contributed by atoms with Crippen molar-refractivity contribution in [1.82, 2.24) is 19.3 Å². The highest BCUT2D eigenvalue weighted by Crippen LogP contribution is 2.46. The first-order valence-corrected chi connectivity index (χ1v) is 13.9. The fourth-order valence-corrected chi connectivity index (χ4v) is 7.57. The first-order valence-electron chi connectivity index (χ1n) is 11.7. The molecule has 1 aliphatic rings. The first-order chi connectivity index (χ1) is 17.8. The first kappa shape index (κ1) is 27.5. The summed E-state index contributed by atoms with van der Waals surface area (Å²) in [5.74, 6) is -1.91. The number of thiophene rings is 1. The number of hydrogen-bond acceptors (Lipinski definition) is 9. The van der Waals surface area contributed by atoms with Crippen LogP contribution in [0.4, 0.5) is 5.00 Å². The quantitative estimate of drug-likeness (QED) is 0.415. The van der Waals surface area contributed by atoms with Crippen LogP contribution in [0.1, 0.15) is 55.3 Å². The number of carbonyl (C=O) groups is 2. The molecule has 0 aliphatic carbocycles. The highest BCUT2D eigenvalue weighted by atomic mass is 32.2. The maximum absolute atomic E-state index is 14.1. The highest BCUT2D eigenvalue weighted by molar-refractivity contribution is 7.91. The van der Waals surface area contributed by atoms with Gasteiger partial charge in [0, 0.05) is 11.1 Å². The second-order valence-corrected chi connectivity index (χ2v) is 12.1. The number of carboxylic acids is 1. The molecule has 38 heavy (non-hydrogen) atoms. The van der Waals surface area contributed by atoms with E-state index in [9.17, 15) is 23.1 Å². The van der Waals surface area contributed by atoms with Crippen LogP contribution in [0, 0.1) is 6.92 Å². The molecule has 1 N–H and O–H groups in total. The van der Waals surface area contributed by atoms with E-state index in [0.29, 0.717) is 26.2 Å². The van der Waals surface area contributed by atoms with Crippen LogP contribution in [0.5, 0.6) is 5.75 Å². The summed E-state index contributed by atoms with van der Waals surface area (Å²) in [5, 5.41) is 18.7. The molecule has 1 atom stereocenters. The fraction of sp³-hybridized carbons (Fsp3) is 0.417. The number of carbonyl (C=O) groups excluding carboxylic acids is 1. The monoisotopic (exact) mass is 563 g/mol. The van der Waals surface area contributed by atoms with Crippen LogP contribution in [0.25, 0.3) is 5.00 Å². The van der Waals surface area contributed by atoms with Crippen molar-refractivity contribution in [2.45, 2.75) is 52.4 Å². The number of para-hydroxylation sites is 1. The Balaban J connectivity index is 1.96. The summed E-state index contributed by atoms with van der Waals surface area (Å²) >= 11 is 1.02. The van der Waals surface area contributed by atoms with Gasteiger partial charge in [-0.25, -0.2) is 13.4 Å². The number of aliphatic carboxylic acids is 1. The molecule has 0 saturated heterocycles. The molecule has 3 heterocycles. The molecule has 0 spiro atoms. The number of fused-ring (bicyclic) bond motifs is 1. The van der Waals surface area contributed by atoms with Gasteiger partial charge in [-0.05, 0) is 40.7 Å². The van der Waals surface area contributed by atoms with Gasteiger partial charge in [-0.3, -0.25) is 4.79 Å². The predicted octanol–water partition coefficient (Wildman–Crippen LogP) is 3.18. The molecule has 14 heteroatoms. The smallest absolute Gasteiger partial charge is 0.330 e. The van der Waals surface area contributed by atoms with E-state index in [1.165, 1.54) is 38.1 Å². The van der Waals surface area contributed by atoms with Gasteiger partial charge in [-0.15, -0.1) is 4.80 Å². The number of methoxy groups -OCH3 is 1. The third-order valence-electron chi connectivity index (χ3n) is 6.12. The molecule has 1 amide bonds. The number of aromatic nitrogens is 3. The topological polar surface area (TPSA) is 144 Å². The van der Waals surface area contributed by atoms with Crippen molar-refractivity contribution in [1.29, 1.82) is 0 Å². The summed E-state index contributed by atoms with van der Waals surface area (Å²) in [6.07, 6.45) is 1.81. The van der Waals surface area contributed by atoms with Crippen LogP contribution < -0.4 is 9.04 Å². The molecular formula is C24H29N5O7S2.